The molecule has 2 rings (SSSR count). The molecule has 140 valence electrons. The number of nitriles is 1. The highest BCUT2D eigenvalue weighted by molar-refractivity contribution is 7.92. The van der Waals surface area contributed by atoms with Crippen LogP contribution in [0.1, 0.15) is 18.9 Å². The van der Waals surface area contributed by atoms with Crippen molar-refractivity contribution in [2.24, 2.45) is 0 Å². The van der Waals surface area contributed by atoms with Gasteiger partial charge in [-0.3, -0.25) is 14.3 Å². The maximum absolute atomic E-state index is 12.2. The molecule has 27 heavy (non-hydrogen) atoms. The monoisotopic (exact) mass is 386 g/mol. The highest BCUT2D eigenvalue weighted by Crippen LogP contribution is 2.17. The van der Waals surface area contributed by atoms with Crippen LogP contribution in [0.2, 0.25) is 0 Å². The molecule has 2 aromatic carbocycles. The highest BCUT2D eigenvalue weighted by Gasteiger charge is 2.14. The Morgan fingerprint density at radius 3 is 2.30 bits per heavy atom. The predicted molar refractivity (Wildman–Crippen MR) is 103 cm³/mol. The number of sulfonamides is 1. The van der Waals surface area contributed by atoms with Crippen LogP contribution in [-0.4, -0.2) is 26.0 Å². The molecular formula is C18H18N4O4S. The summed E-state index contributed by atoms with van der Waals surface area (Å²) >= 11 is 0. The standard InChI is InChI=1S/C18H18N4O4S/c1-13(23)20-16-6-3-7-17(11-16)22-27(25,26)9-8-18(24)21-15-5-2-4-14(10-15)12-19/h2-7,10-11,22H,8-9H2,1H3,(H,20,23)(H,21,24). The molecule has 0 unspecified atom stereocenters. The Morgan fingerprint density at radius 1 is 1.00 bits per heavy atom. The number of hydrogen-bond acceptors (Lipinski definition) is 5. The van der Waals surface area contributed by atoms with Gasteiger partial charge in [0.15, 0.2) is 0 Å². The van der Waals surface area contributed by atoms with Crippen molar-refractivity contribution in [1.29, 1.82) is 5.26 Å². The summed E-state index contributed by atoms with van der Waals surface area (Å²) in [5.41, 5.74) is 1.55. The molecule has 0 radical (unpaired) electrons. The van der Waals surface area contributed by atoms with Gasteiger partial charge in [0.1, 0.15) is 0 Å². The largest absolute Gasteiger partial charge is 0.326 e. The molecule has 0 fully saturated rings. The molecule has 3 N–H and O–H groups in total. The molecule has 9 heteroatoms. The predicted octanol–water partition coefficient (Wildman–Crippen LogP) is 2.29. The number of nitrogens with zero attached hydrogens (tertiary/aromatic N) is 1. The fourth-order valence-electron chi connectivity index (χ4n) is 2.21. The van der Waals surface area contributed by atoms with Gasteiger partial charge in [-0.25, -0.2) is 8.42 Å². The molecule has 2 aromatic rings. The van der Waals surface area contributed by atoms with Gasteiger partial charge in [-0.05, 0) is 36.4 Å². The zero-order valence-electron chi connectivity index (χ0n) is 14.5. The SMILES string of the molecule is CC(=O)Nc1cccc(NS(=O)(=O)CCC(=O)Nc2cccc(C#N)c2)c1. The highest BCUT2D eigenvalue weighted by atomic mass is 32.2. The lowest BCUT2D eigenvalue weighted by Gasteiger charge is -2.10. The molecule has 8 nitrogen and oxygen atoms in total. The zero-order chi connectivity index (χ0) is 19.9. The van der Waals surface area contributed by atoms with Crippen LogP contribution < -0.4 is 15.4 Å². The van der Waals surface area contributed by atoms with Crippen molar-refractivity contribution in [3.05, 3.63) is 54.1 Å². The smallest absolute Gasteiger partial charge is 0.233 e. The summed E-state index contributed by atoms with van der Waals surface area (Å²) in [7, 11) is -3.76. The second-order valence-corrected chi connectivity index (χ2v) is 7.52. The molecule has 0 aliphatic carbocycles. The number of carbonyl (C=O) groups excluding carboxylic acids is 2. The van der Waals surface area contributed by atoms with E-state index in [2.05, 4.69) is 15.4 Å². The van der Waals surface area contributed by atoms with Crippen molar-refractivity contribution in [2.75, 3.05) is 21.1 Å². The van der Waals surface area contributed by atoms with Gasteiger partial charge in [0, 0.05) is 24.7 Å². The molecule has 0 bridgehead atoms. The molecule has 0 aliphatic heterocycles. The Morgan fingerprint density at radius 2 is 1.63 bits per heavy atom. The maximum atomic E-state index is 12.2. The summed E-state index contributed by atoms with van der Waals surface area (Å²) in [6.45, 7) is 1.35. The molecule has 0 heterocycles. The van der Waals surface area contributed by atoms with Crippen LogP contribution in [0.4, 0.5) is 17.1 Å². The van der Waals surface area contributed by atoms with E-state index in [0.717, 1.165) is 0 Å². The van der Waals surface area contributed by atoms with Crippen LogP contribution >= 0.6 is 0 Å². The van der Waals surface area contributed by atoms with E-state index in [0.29, 0.717) is 16.9 Å². The van der Waals surface area contributed by atoms with Crippen molar-refractivity contribution >= 4 is 38.9 Å². The zero-order valence-corrected chi connectivity index (χ0v) is 15.3. The van der Waals surface area contributed by atoms with Gasteiger partial charge in [0.25, 0.3) is 0 Å². The van der Waals surface area contributed by atoms with Crippen molar-refractivity contribution in [3.8, 4) is 6.07 Å². The summed E-state index contributed by atoms with van der Waals surface area (Å²) in [6, 6.07) is 14.5. The fourth-order valence-corrected chi connectivity index (χ4v) is 3.25. The molecular weight excluding hydrogens is 368 g/mol. The van der Waals surface area contributed by atoms with Gasteiger partial charge in [-0.2, -0.15) is 5.26 Å². The van der Waals surface area contributed by atoms with E-state index in [9.17, 15) is 18.0 Å². The summed E-state index contributed by atoms with van der Waals surface area (Å²) in [5.74, 6) is -1.17. The average Bonchev–Trinajstić information content (AvgIpc) is 2.59. The first-order chi connectivity index (χ1) is 12.8. The lowest BCUT2D eigenvalue weighted by atomic mass is 10.2. The second kappa shape index (κ2) is 8.82. The molecule has 0 aromatic heterocycles. The van der Waals surface area contributed by atoms with E-state index in [4.69, 9.17) is 5.26 Å². The van der Waals surface area contributed by atoms with E-state index in [-0.39, 0.29) is 18.0 Å². The third-order valence-electron chi connectivity index (χ3n) is 3.33. The number of nitrogens with one attached hydrogen (secondary N) is 3. The van der Waals surface area contributed by atoms with Gasteiger partial charge in [0.2, 0.25) is 21.8 Å². The summed E-state index contributed by atoms with van der Waals surface area (Å²) in [5, 5.41) is 14.0. The number of anilines is 3. The average molecular weight is 386 g/mol. The summed E-state index contributed by atoms with van der Waals surface area (Å²) < 4.78 is 26.7. The molecule has 0 atom stereocenters. The minimum absolute atomic E-state index is 0.252. The molecule has 2 amide bonds. The number of hydrogen-bond donors (Lipinski definition) is 3. The second-order valence-electron chi connectivity index (χ2n) is 5.67. The van der Waals surface area contributed by atoms with Gasteiger partial charge < -0.3 is 10.6 Å². The number of benzene rings is 2. The summed E-state index contributed by atoms with van der Waals surface area (Å²) in [4.78, 5) is 23.0. The van der Waals surface area contributed by atoms with Crippen molar-refractivity contribution in [3.63, 3.8) is 0 Å². The van der Waals surface area contributed by atoms with E-state index < -0.39 is 21.7 Å². The summed E-state index contributed by atoms with van der Waals surface area (Å²) in [6.07, 6.45) is -0.252. The van der Waals surface area contributed by atoms with Crippen LogP contribution in [-0.2, 0) is 19.6 Å². The van der Waals surface area contributed by atoms with Crippen LogP contribution in [0, 0.1) is 11.3 Å². The lowest BCUT2D eigenvalue weighted by molar-refractivity contribution is -0.116. The Hall–Kier alpha value is -3.38. The lowest BCUT2D eigenvalue weighted by Crippen LogP contribution is -2.22. The maximum Gasteiger partial charge on any atom is 0.233 e. The van der Waals surface area contributed by atoms with Crippen LogP contribution in [0.5, 0.6) is 0 Å². The Balaban J connectivity index is 1.93. The molecule has 0 aliphatic rings. The van der Waals surface area contributed by atoms with Gasteiger partial charge >= 0.3 is 0 Å². The molecule has 0 spiro atoms. The van der Waals surface area contributed by atoms with Crippen LogP contribution in [0.15, 0.2) is 48.5 Å². The van der Waals surface area contributed by atoms with E-state index in [1.54, 1.807) is 30.3 Å². The normalized spacial score (nSPS) is 10.5. The fraction of sp³-hybridized carbons (Fsp3) is 0.167. The molecule has 0 saturated carbocycles. The van der Waals surface area contributed by atoms with Crippen molar-refractivity contribution in [1.82, 2.24) is 0 Å². The van der Waals surface area contributed by atoms with Crippen LogP contribution in [0.3, 0.4) is 0 Å². The van der Waals surface area contributed by atoms with E-state index in [1.807, 2.05) is 6.07 Å². The van der Waals surface area contributed by atoms with Crippen molar-refractivity contribution in [2.45, 2.75) is 13.3 Å². The first-order valence-corrected chi connectivity index (χ1v) is 9.61. The first kappa shape index (κ1) is 19.9. The van der Waals surface area contributed by atoms with Gasteiger partial charge in [-0.15, -0.1) is 0 Å². The third-order valence-corrected chi connectivity index (χ3v) is 4.62. The van der Waals surface area contributed by atoms with E-state index in [1.165, 1.54) is 25.1 Å². The Labute approximate surface area is 157 Å². The first-order valence-electron chi connectivity index (χ1n) is 7.95. The minimum atomic E-state index is -3.76. The quantitative estimate of drug-likeness (QED) is 0.672. The molecule has 0 saturated heterocycles. The van der Waals surface area contributed by atoms with E-state index >= 15 is 0 Å². The minimum Gasteiger partial charge on any atom is -0.326 e. The van der Waals surface area contributed by atoms with Gasteiger partial charge in [0.05, 0.1) is 23.1 Å². The third kappa shape index (κ3) is 6.80. The Bertz CT molecular complexity index is 996. The number of carbonyl (C=O) groups is 2. The van der Waals surface area contributed by atoms with Crippen LogP contribution in [0.25, 0.3) is 0 Å². The van der Waals surface area contributed by atoms with Crippen molar-refractivity contribution < 1.29 is 18.0 Å². The topological polar surface area (TPSA) is 128 Å². The van der Waals surface area contributed by atoms with Gasteiger partial charge in [-0.1, -0.05) is 12.1 Å². The number of amides is 2. The number of rotatable bonds is 7. The Kier molecular flexibility index (Phi) is 6.51.